The summed E-state index contributed by atoms with van der Waals surface area (Å²) in [5, 5.41) is 2.49. The maximum absolute atomic E-state index is 11.7. The Kier molecular flexibility index (Phi) is 6.30. The molecule has 7 heteroatoms. The van der Waals surface area contributed by atoms with Crippen molar-refractivity contribution < 1.29 is 18.0 Å². The van der Waals surface area contributed by atoms with Crippen molar-refractivity contribution in [3.05, 3.63) is 41.5 Å². The zero-order valence-corrected chi connectivity index (χ0v) is 13.7. The molecule has 1 N–H and O–H groups in total. The summed E-state index contributed by atoms with van der Waals surface area (Å²) in [5.74, 6) is -0.542. The van der Waals surface area contributed by atoms with Crippen LogP contribution in [0.1, 0.15) is 15.9 Å². The Morgan fingerprint density at radius 1 is 1.18 bits per heavy atom. The first-order valence-corrected chi connectivity index (χ1v) is 8.70. The van der Waals surface area contributed by atoms with Crippen molar-refractivity contribution in [1.29, 1.82) is 0 Å². The van der Waals surface area contributed by atoms with Gasteiger partial charge in [0.05, 0.1) is 5.75 Å². The molecule has 0 aliphatic carbocycles. The molecule has 0 atom stereocenters. The minimum absolute atomic E-state index is 0.0816. The van der Waals surface area contributed by atoms with Crippen molar-refractivity contribution in [1.82, 2.24) is 10.2 Å². The standard InChI is InChI=1S/C15H20N2O4S/c1-17(2)15(19)13-7-4-12(5-8-13)6-9-14(18)16-10-11-22(3,20)21/h4-9H,10-11H2,1-3H3,(H,16,18)/b9-6+. The molecule has 2 amide bonds. The Bertz CT molecular complexity index is 661. The van der Waals surface area contributed by atoms with Crippen LogP contribution in [0.2, 0.25) is 0 Å². The summed E-state index contributed by atoms with van der Waals surface area (Å²) in [6.45, 7) is 0.0816. The second-order valence-electron chi connectivity index (χ2n) is 5.08. The number of nitrogens with zero attached hydrogens (tertiary/aromatic N) is 1. The second kappa shape index (κ2) is 7.74. The second-order valence-corrected chi connectivity index (χ2v) is 7.34. The average molecular weight is 324 g/mol. The van der Waals surface area contributed by atoms with Gasteiger partial charge in [0.2, 0.25) is 5.91 Å². The quantitative estimate of drug-likeness (QED) is 0.775. The van der Waals surface area contributed by atoms with E-state index in [9.17, 15) is 18.0 Å². The molecule has 0 aliphatic rings. The molecule has 0 heterocycles. The third-order valence-electron chi connectivity index (χ3n) is 2.76. The molecule has 0 saturated carbocycles. The van der Waals surface area contributed by atoms with Crippen molar-refractivity contribution in [2.75, 3.05) is 32.6 Å². The Labute approximate surface area is 130 Å². The van der Waals surface area contributed by atoms with Crippen LogP contribution in [0, 0.1) is 0 Å². The molecule has 0 aromatic heterocycles. The van der Waals surface area contributed by atoms with Crippen molar-refractivity contribution in [2.24, 2.45) is 0 Å². The summed E-state index contributed by atoms with van der Waals surface area (Å²) >= 11 is 0. The number of amides is 2. The zero-order chi connectivity index (χ0) is 16.8. The van der Waals surface area contributed by atoms with Crippen LogP contribution < -0.4 is 5.32 Å². The summed E-state index contributed by atoms with van der Waals surface area (Å²) in [7, 11) is 0.274. The average Bonchev–Trinajstić information content (AvgIpc) is 2.43. The maximum Gasteiger partial charge on any atom is 0.253 e. The van der Waals surface area contributed by atoms with Gasteiger partial charge in [0, 0.05) is 38.5 Å². The predicted molar refractivity (Wildman–Crippen MR) is 86.2 cm³/mol. The highest BCUT2D eigenvalue weighted by Gasteiger charge is 2.06. The van der Waals surface area contributed by atoms with Crippen LogP contribution in [0.4, 0.5) is 0 Å². The molecule has 0 bridgehead atoms. The van der Waals surface area contributed by atoms with E-state index in [4.69, 9.17) is 0 Å². The number of nitrogens with one attached hydrogen (secondary N) is 1. The monoisotopic (exact) mass is 324 g/mol. The van der Waals surface area contributed by atoms with Gasteiger partial charge < -0.3 is 10.2 Å². The Balaban J connectivity index is 2.56. The molecule has 1 aromatic carbocycles. The van der Waals surface area contributed by atoms with Crippen LogP contribution in [-0.2, 0) is 14.6 Å². The first-order chi connectivity index (χ1) is 10.2. The summed E-state index contributed by atoms with van der Waals surface area (Å²) in [6.07, 6.45) is 4.04. The predicted octanol–water partition coefficient (Wildman–Crippen LogP) is 0.562. The van der Waals surface area contributed by atoms with Gasteiger partial charge in [-0.15, -0.1) is 0 Å². The molecule has 0 unspecified atom stereocenters. The van der Waals surface area contributed by atoms with Crippen LogP contribution in [0.3, 0.4) is 0 Å². The minimum atomic E-state index is -3.08. The van der Waals surface area contributed by atoms with Crippen molar-refractivity contribution in [3.8, 4) is 0 Å². The number of sulfone groups is 1. The highest BCUT2D eigenvalue weighted by molar-refractivity contribution is 7.90. The van der Waals surface area contributed by atoms with E-state index in [0.29, 0.717) is 5.56 Å². The lowest BCUT2D eigenvalue weighted by molar-refractivity contribution is -0.116. The maximum atomic E-state index is 11.7. The SMILES string of the molecule is CN(C)C(=O)c1ccc(/C=C/C(=O)NCCS(C)(=O)=O)cc1. The van der Waals surface area contributed by atoms with Gasteiger partial charge in [-0.2, -0.15) is 0 Å². The highest BCUT2D eigenvalue weighted by Crippen LogP contribution is 2.07. The van der Waals surface area contributed by atoms with Crippen molar-refractivity contribution >= 4 is 27.7 Å². The molecular formula is C15H20N2O4S. The summed E-state index contributed by atoms with van der Waals surface area (Å²) in [5.41, 5.74) is 1.34. The van der Waals surface area contributed by atoms with Gasteiger partial charge in [-0.25, -0.2) is 8.42 Å². The van der Waals surface area contributed by atoms with E-state index in [1.165, 1.54) is 11.0 Å². The van der Waals surface area contributed by atoms with Crippen LogP contribution in [-0.4, -0.2) is 57.8 Å². The fourth-order valence-corrected chi connectivity index (χ4v) is 2.06. The van der Waals surface area contributed by atoms with Crippen molar-refractivity contribution in [3.63, 3.8) is 0 Å². The van der Waals surface area contributed by atoms with Gasteiger partial charge in [0.15, 0.2) is 0 Å². The van der Waals surface area contributed by atoms with Crippen LogP contribution >= 0.6 is 0 Å². The lowest BCUT2D eigenvalue weighted by Crippen LogP contribution is -2.27. The fraction of sp³-hybridized carbons (Fsp3) is 0.333. The topological polar surface area (TPSA) is 83.6 Å². The third kappa shape index (κ3) is 6.53. The van der Waals surface area contributed by atoms with E-state index in [-0.39, 0.29) is 24.1 Å². The highest BCUT2D eigenvalue weighted by atomic mass is 32.2. The van der Waals surface area contributed by atoms with Crippen LogP contribution in [0.5, 0.6) is 0 Å². The van der Waals surface area contributed by atoms with E-state index >= 15 is 0 Å². The van der Waals surface area contributed by atoms with E-state index in [1.54, 1.807) is 44.4 Å². The van der Waals surface area contributed by atoms with E-state index < -0.39 is 9.84 Å². The molecule has 0 fully saturated rings. The lowest BCUT2D eigenvalue weighted by Gasteiger charge is -2.09. The number of benzene rings is 1. The van der Waals surface area contributed by atoms with Gasteiger partial charge >= 0.3 is 0 Å². The van der Waals surface area contributed by atoms with Gasteiger partial charge in [0.25, 0.3) is 5.91 Å². The van der Waals surface area contributed by atoms with E-state index in [2.05, 4.69) is 5.32 Å². The number of hydrogen-bond acceptors (Lipinski definition) is 4. The Morgan fingerprint density at radius 3 is 2.27 bits per heavy atom. The fourth-order valence-electron chi connectivity index (χ4n) is 1.59. The van der Waals surface area contributed by atoms with Gasteiger partial charge in [-0.3, -0.25) is 9.59 Å². The first kappa shape index (κ1) is 17.9. The minimum Gasteiger partial charge on any atom is -0.352 e. The normalized spacial score (nSPS) is 11.4. The van der Waals surface area contributed by atoms with Gasteiger partial charge in [-0.05, 0) is 23.8 Å². The first-order valence-electron chi connectivity index (χ1n) is 6.64. The number of rotatable bonds is 6. The Hall–Kier alpha value is -2.15. The largest absolute Gasteiger partial charge is 0.352 e. The van der Waals surface area contributed by atoms with Crippen LogP contribution in [0.15, 0.2) is 30.3 Å². The molecule has 22 heavy (non-hydrogen) atoms. The molecule has 6 nitrogen and oxygen atoms in total. The smallest absolute Gasteiger partial charge is 0.253 e. The van der Waals surface area contributed by atoms with Crippen molar-refractivity contribution in [2.45, 2.75) is 0 Å². The molecule has 0 aliphatic heterocycles. The summed E-state index contributed by atoms with van der Waals surface area (Å²) < 4.78 is 21.9. The number of carbonyl (C=O) groups excluding carboxylic acids is 2. The number of carbonyl (C=O) groups is 2. The molecule has 0 spiro atoms. The molecule has 1 rings (SSSR count). The Morgan fingerprint density at radius 2 is 1.77 bits per heavy atom. The van der Waals surface area contributed by atoms with E-state index in [1.807, 2.05) is 0 Å². The van der Waals surface area contributed by atoms with Crippen LogP contribution in [0.25, 0.3) is 6.08 Å². The molecule has 0 radical (unpaired) electrons. The van der Waals surface area contributed by atoms with E-state index in [0.717, 1.165) is 11.8 Å². The van der Waals surface area contributed by atoms with Gasteiger partial charge in [-0.1, -0.05) is 12.1 Å². The summed E-state index contributed by atoms with van der Waals surface area (Å²) in [6, 6.07) is 6.83. The van der Waals surface area contributed by atoms with Gasteiger partial charge in [0.1, 0.15) is 9.84 Å². The summed E-state index contributed by atoms with van der Waals surface area (Å²) in [4.78, 5) is 24.7. The molecule has 1 aromatic rings. The third-order valence-corrected chi connectivity index (χ3v) is 3.71. The molecular weight excluding hydrogens is 304 g/mol. The lowest BCUT2D eigenvalue weighted by atomic mass is 10.1. The molecule has 0 saturated heterocycles. The zero-order valence-electron chi connectivity index (χ0n) is 12.9. The number of hydrogen-bond donors (Lipinski definition) is 1. The molecule has 120 valence electrons.